The summed E-state index contributed by atoms with van der Waals surface area (Å²) >= 11 is 0. The Morgan fingerprint density at radius 2 is 2.05 bits per heavy atom. The molecule has 104 valence electrons. The number of carboxylic acids is 1. The monoisotopic (exact) mass is 267 g/mol. The van der Waals surface area contributed by atoms with Gasteiger partial charge in [-0.1, -0.05) is 0 Å². The maximum absolute atomic E-state index is 11.8. The molecule has 0 bridgehead atoms. The predicted octanol–water partition coefficient (Wildman–Crippen LogP) is 0.389. The first-order valence-electron chi connectivity index (χ1n) is 6.31. The smallest absolute Gasteiger partial charge is 0.354 e. The number of aromatic nitrogens is 2. The number of imidazole rings is 1. The molecule has 0 radical (unpaired) electrons. The molecule has 4 N–H and O–H groups in total. The van der Waals surface area contributed by atoms with E-state index in [0.717, 1.165) is 25.7 Å². The summed E-state index contributed by atoms with van der Waals surface area (Å²) in [6.07, 6.45) is 4.21. The van der Waals surface area contributed by atoms with Crippen molar-refractivity contribution in [3.63, 3.8) is 0 Å². The van der Waals surface area contributed by atoms with Gasteiger partial charge in [0.05, 0.1) is 12.4 Å². The zero-order valence-electron chi connectivity index (χ0n) is 10.4. The molecule has 0 spiro atoms. The lowest BCUT2D eigenvalue weighted by Gasteiger charge is -2.25. The van der Waals surface area contributed by atoms with Crippen LogP contribution in [0.15, 0.2) is 6.33 Å². The maximum Gasteiger partial charge on any atom is 0.354 e. The molecule has 0 aliphatic heterocycles. The number of aliphatic hydroxyl groups is 1. The van der Waals surface area contributed by atoms with E-state index in [0.29, 0.717) is 12.5 Å². The number of aromatic amines is 1. The Morgan fingerprint density at radius 1 is 1.37 bits per heavy atom. The first-order valence-corrected chi connectivity index (χ1v) is 6.31. The quantitative estimate of drug-likeness (QED) is 0.630. The Hall–Kier alpha value is -1.89. The van der Waals surface area contributed by atoms with Crippen LogP contribution in [0.25, 0.3) is 0 Å². The number of aliphatic hydroxyl groups excluding tert-OH is 1. The minimum atomic E-state index is -1.21. The molecular formula is C12H17N3O4. The molecule has 0 atom stereocenters. The number of H-pyrrole nitrogens is 1. The lowest BCUT2D eigenvalue weighted by atomic mass is 9.87. The molecule has 1 aliphatic carbocycles. The Balaban J connectivity index is 1.87. The molecule has 7 heteroatoms. The van der Waals surface area contributed by atoms with E-state index in [1.807, 2.05) is 0 Å². The van der Waals surface area contributed by atoms with Crippen molar-refractivity contribution in [1.82, 2.24) is 15.3 Å². The van der Waals surface area contributed by atoms with Gasteiger partial charge in [0.2, 0.25) is 0 Å². The topological polar surface area (TPSA) is 115 Å². The SMILES string of the molecule is O=C(NCC1CCC(O)CC1)c1nc[nH]c1C(=O)O. The van der Waals surface area contributed by atoms with Gasteiger partial charge in [-0.3, -0.25) is 4.79 Å². The van der Waals surface area contributed by atoms with Gasteiger partial charge in [-0.25, -0.2) is 9.78 Å². The highest BCUT2D eigenvalue weighted by Crippen LogP contribution is 2.23. The number of rotatable bonds is 4. The average Bonchev–Trinajstić information content (AvgIpc) is 2.87. The second-order valence-electron chi connectivity index (χ2n) is 4.82. The van der Waals surface area contributed by atoms with Crippen LogP contribution in [-0.2, 0) is 0 Å². The minimum Gasteiger partial charge on any atom is -0.477 e. The lowest BCUT2D eigenvalue weighted by Crippen LogP contribution is -2.33. The molecule has 1 aromatic heterocycles. The second kappa shape index (κ2) is 5.83. The van der Waals surface area contributed by atoms with Crippen LogP contribution in [0.2, 0.25) is 0 Å². The summed E-state index contributed by atoms with van der Waals surface area (Å²) in [7, 11) is 0. The lowest BCUT2D eigenvalue weighted by molar-refractivity contribution is 0.0684. The van der Waals surface area contributed by atoms with Gasteiger partial charge in [0.1, 0.15) is 0 Å². The number of nitrogens with one attached hydrogen (secondary N) is 2. The third-order valence-corrected chi connectivity index (χ3v) is 3.44. The zero-order chi connectivity index (χ0) is 13.8. The van der Waals surface area contributed by atoms with E-state index in [1.165, 1.54) is 6.33 Å². The van der Waals surface area contributed by atoms with E-state index >= 15 is 0 Å². The summed E-state index contributed by atoms with van der Waals surface area (Å²) in [4.78, 5) is 28.8. The van der Waals surface area contributed by atoms with Crippen molar-refractivity contribution in [2.24, 2.45) is 5.92 Å². The van der Waals surface area contributed by atoms with Crippen molar-refractivity contribution in [3.05, 3.63) is 17.7 Å². The Labute approximate surface area is 110 Å². The van der Waals surface area contributed by atoms with Crippen molar-refractivity contribution >= 4 is 11.9 Å². The van der Waals surface area contributed by atoms with E-state index in [1.54, 1.807) is 0 Å². The normalized spacial score (nSPS) is 23.0. The number of carbonyl (C=O) groups excluding carboxylic acids is 1. The van der Waals surface area contributed by atoms with Gasteiger partial charge in [0.25, 0.3) is 5.91 Å². The summed E-state index contributed by atoms with van der Waals surface area (Å²) in [5.74, 6) is -1.35. The van der Waals surface area contributed by atoms with E-state index < -0.39 is 11.9 Å². The first kappa shape index (κ1) is 13.5. The van der Waals surface area contributed by atoms with E-state index in [2.05, 4.69) is 15.3 Å². The zero-order valence-corrected chi connectivity index (χ0v) is 10.4. The Morgan fingerprint density at radius 3 is 2.68 bits per heavy atom. The van der Waals surface area contributed by atoms with Crippen molar-refractivity contribution in [1.29, 1.82) is 0 Å². The highest BCUT2D eigenvalue weighted by Gasteiger charge is 2.22. The Kier molecular flexibility index (Phi) is 4.16. The molecule has 1 amide bonds. The third-order valence-electron chi connectivity index (χ3n) is 3.44. The van der Waals surface area contributed by atoms with Gasteiger partial charge in [-0.2, -0.15) is 0 Å². The summed E-state index contributed by atoms with van der Waals surface area (Å²) in [5.41, 5.74) is -0.292. The van der Waals surface area contributed by atoms with Crippen LogP contribution in [0.5, 0.6) is 0 Å². The van der Waals surface area contributed by atoms with E-state index in [4.69, 9.17) is 5.11 Å². The fourth-order valence-corrected chi connectivity index (χ4v) is 2.30. The molecule has 1 saturated carbocycles. The van der Waals surface area contributed by atoms with Crippen LogP contribution in [0, 0.1) is 5.92 Å². The van der Waals surface area contributed by atoms with Crippen LogP contribution in [0.1, 0.15) is 46.7 Å². The van der Waals surface area contributed by atoms with Crippen molar-refractivity contribution < 1.29 is 19.8 Å². The van der Waals surface area contributed by atoms with E-state index in [9.17, 15) is 14.7 Å². The maximum atomic E-state index is 11.8. The predicted molar refractivity (Wildman–Crippen MR) is 65.8 cm³/mol. The molecule has 0 unspecified atom stereocenters. The standard InChI is InChI=1S/C12H17N3O4/c16-8-3-1-7(2-4-8)5-13-11(17)9-10(12(18)19)15-6-14-9/h6-8,16H,1-5H2,(H,13,17)(H,14,15)(H,18,19). The fraction of sp³-hybridized carbons (Fsp3) is 0.583. The van der Waals surface area contributed by atoms with Gasteiger partial charge in [0, 0.05) is 6.54 Å². The molecule has 1 aromatic rings. The van der Waals surface area contributed by atoms with Crippen molar-refractivity contribution in [2.45, 2.75) is 31.8 Å². The molecule has 19 heavy (non-hydrogen) atoms. The van der Waals surface area contributed by atoms with E-state index in [-0.39, 0.29) is 17.5 Å². The van der Waals surface area contributed by atoms with Crippen LogP contribution >= 0.6 is 0 Å². The number of hydrogen-bond donors (Lipinski definition) is 4. The highest BCUT2D eigenvalue weighted by molar-refractivity contribution is 6.02. The van der Waals surface area contributed by atoms with Crippen LogP contribution in [0.3, 0.4) is 0 Å². The number of nitrogens with zero attached hydrogens (tertiary/aromatic N) is 1. The minimum absolute atomic E-state index is 0.0941. The molecule has 0 aromatic carbocycles. The van der Waals surface area contributed by atoms with Crippen molar-refractivity contribution in [2.75, 3.05) is 6.54 Å². The van der Waals surface area contributed by atoms with Crippen LogP contribution in [-0.4, -0.2) is 44.7 Å². The number of hydrogen-bond acceptors (Lipinski definition) is 4. The summed E-state index contributed by atoms with van der Waals surface area (Å²) in [5, 5.41) is 21.0. The number of carbonyl (C=O) groups is 2. The van der Waals surface area contributed by atoms with Gasteiger partial charge in [-0.15, -0.1) is 0 Å². The molecule has 0 saturated heterocycles. The number of carboxylic acid groups (broad SMARTS) is 1. The second-order valence-corrected chi connectivity index (χ2v) is 4.82. The van der Waals surface area contributed by atoms with Gasteiger partial charge >= 0.3 is 5.97 Å². The fourth-order valence-electron chi connectivity index (χ4n) is 2.30. The van der Waals surface area contributed by atoms with Crippen LogP contribution < -0.4 is 5.32 Å². The third kappa shape index (κ3) is 3.31. The molecular weight excluding hydrogens is 250 g/mol. The van der Waals surface area contributed by atoms with Gasteiger partial charge in [-0.05, 0) is 31.6 Å². The molecule has 2 rings (SSSR count). The summed E-state index contributed by atoms with van der Waals surface area (Å²) in [6, 6.07) is 0. The Bertz CT molecular complexity index is 463. The van der Waals surface area contributed by atoms with Gasteiger partial charge < -0.3 is 20.5 Å². The summed E-state index contributed by atoms with van der Waals surface area (Å²) in [6.45, 7) is 0.484. The molecule has 1 fully saturated rings. The van der Waals surface area contributed by atoms with Crippen LogP contribution in [0.4, 0.5) is 0 Å². The van der Waals surface area contributed by atoms with Gasteiger partial charge in [0.15, 0.2) is 11.4 Å². The molecule has 1 aliphatic rings. The molecule has 7 nitrogen and oxygen atoms in total. The van der Waals surface area contributed by atoms with Crippen molar-refractivity contribution in [3.8, 4) is 0 Å². The number of aromatic carboxylic acids is 1. The largest absolute Gasteiger partial charge is 0.477 e. The first-order chi connectivity index (χ1) is 9.08. The summed E-state index contributed by atoms with van der Waals surface area (Å²) < 4.78 is 0. The average molecular weight is 267 g/mol. The number of amides is 1. The highest BCUT2D eigenvalue weighted by atomic mass is 16.4. The molecule has 1 heterocycles.